The van der Waals surface area contributed by atoms with Crippen LogP contribution in [0.3, 0.4) is 0 Å². The molecule has 0 saturated carbocycles. The van der Waals surface area contributed by atoms with Crippen molar-refractivity contribution >= 4 is 11.8 Å². The molecule has 3 rings (SSSR count). The second-order valence-electron chi connectivity index (χ2n) is 7.42. The molecule has 1 aromatic carbocycles. The van der Waals surface area contributed by atoms with Gasteiger partial charge in [0, 0.05) is 26.3 Å². The van der Waals surface area contributed by atoms with E-state index in [1.165, 1.54) is 30.3 Å². The first-order chi connectivity index (χ1) is 16.5. The Balaban J connectivity index is 1.76. The van der Waals surface area contributed by atoms with Crippen LogP contribution < -0.4 is 10.1 Å². The molecule has 0 fully saturated rings. The zero-order chi connectivity index (χ0) is 25.8. The summed E-state index contributed by atoms with van der Waals surface area (Å²) in [6.07, 6.45) is -1.53. The molecular weight excluding hydrogens is 473 g/mol. The molecular formula is C24H20F5N3O3. The number of hydrogen-bond donors (Lipinski definition) is 1. The van der Waals surface area contributed by atoms with E-state index in [4.69, 9.17) is 4.74 Å². The number of aromatic nitrogens is 1. The Morgan fingerprint density at radius 3 is 2.66 bits per heavy atom. The average Bonchev–Trinajstić information content (AvgIpc) is 3.11. The molecule has 0 unspecified atom stereocenters. The molecule has 0 saturated heterocycles. The lowest BCUT2D eigenvalue weighted by molar-refractivity contribution is -0.0885. The molecule has 2 aromatic rings. The first-order valence-corrected chi connectivity index (χ1v) is 10.2. The minimum absolute atomic E-state index is 0.0295. The van der Waals surface area contributed by atoms with Gasteiger partial charge in [-0.1, -0.05) is 12.6 Å². The van der Waals surface area contributed by atoms with Crippen molar-refractivity contribution in [2.45, 2.75) is 19.3 Å². The van der Waals surface area contributed by atoms with Gasteiger partial charge < -0.3 is 15.0 Å². The number of pyridine rings is 1. The lowest BCUT2D eigenvalue weighted by Crippen LogP contribution is -2.24. The van der Waals surface area contributed by atoms with Crippen LogP contribution in [0.2, 0.25) is 0 Å². The monoisotopic (exact) mass is 493 g/mol. The minimum Gasteiger partial charge on any atom is -0.439 e. The maximum Gasteiger partial charge on any atom is 0.416 e. The highest BCUT2D eigenvalue weighted by Crippen LogP contribution is 2.32. The number of halogens is 5. The van der Waals surface area contributed by atoms with Gasteiger partial charge >= 0.3 is 6.18 Å². The third-order valence-corrected chi connectivity index (χ3v) is 5.04. The maximum atomic E-state index is 14.3. The summed E-state index contributed by atoms with van der Waals surface area (Å²) < 4.78 is 70.7. The first-order valence-electron chi connectivity index (χ1n) is 10.2. The number of fused-ring (bicyclic) bond motifs is 1. The lowest BCUT2D eigenvalue weighted by atomic mass is 10.1. The Kier molecular flexibility index (Phi) is 7.68. The van der Waals surface area contributed by atoms with Crippen LogP contribution in [0.1, 0.15) is 31.8 Å². The average molecular weight is 493 g/mol. The summed E-state index contributed by atoms with van der Waals surface area (Å²) in [6.45, 7) is 2.39. The van der Waals surface area contributed by atoms with Crippen molar-refractivity contribution in [3.8, 4) is 5.88 Å². The Bertz CT molecular complexity index is 1220. The fourth-order valence-electron chi connectivity index (χ4n) is 3.38. The van der Waals surface area contributed by atoms with E-state index in [2.05, 4.69) is 16.9 Å². The van der Waals surface area contributed by atoms with E-state index in [9.17, 15) is 31.5 Å². The quantitative estimate of drug-likeness (QED) is 0.330. The van der Waals surface area contributed by atoms with Gasteiger partial charge in [-0.3, -0.25) is 9.59 Å². The Hall–Kier alpha value is -4.02. The van der Waals surface area contributed by atoms with Crippen molar-refractivity contribution < 1.29 is 36.3 Å². The topological polar surface area (TPSA) is 71.5 Å². The van der Waals surface area contributed by atoms with Gasteiger partial charge in [-0.15, -0.1) is 0 Å². The second kappa shape index (κ2) is 10.5. The third-order valence-electron chi connectivity index (χ3n) is 5.04. The maximum absolute atomic E-state index is 14.3. The molecule has 1 N–H and O–H groups in total. The highest BCUT2D eigenvalue weighted by molar-refractivity contribution is 6.00. The van der Waals surface area contributed by atoms with Gasteiger partial charge in [0.15, 0.2) is 0 Å². The van der Waals surface area contributed by atoms with Gasteiger partial charge in [0.1, 0.15) is 23.8 Å². The molecule has 184 valence electrons. The van der Waals surface area contributed by atoms with Crippen LogP contribution in [-0.4, -0.2) is 41.6 Å². The van der Waals surface area contributed by atoms with E-state index in [0.717, 1.165) is 12.1 Å². The molecule has 2 heterocycles. The molecule has 0 radical (unpaired) electrons. The SMILES string of the molecule is C=C(/C=C\C(=C/CF)C(F)(F)F)Oc1nccc2c1C(=O)N(Cc1ccc(C(=O)NC)c(F)c1)C2. The summed E-state index contributed by atoms with van der Waals surface area (Å²) in [7, 11) is 1.38. The molecule has 0 spiro atoms. The normalized spacial score (nSPS) is 13.8. The van der Waals surface area contributed by atoms with Gasteiger partial charge in [-0.05, 0) is 47.6 Å². The zero-order valence-corrected chi connectivity index (χ0v) is 18.5. The smallest absolute Gasteiger partial charge is 0.416 e. The largest absolute Gasteiger partial charge is 0.439 e. The van der Waals surface area contributed by atoms with Crippen molar-refractivity contribution in [2.75, 3.05) is 13.7 Å². The van der Waals surface area contributed by atoms with Crippen LogP contribution in [0, 0.1) is 5.82 Å². The summed E-state index contributed by atoms with van der Waals surface area (Å²) >= 11 is 0. The van der Waals surface area contributed by atoms with Crippen LogP contribution >= 0.6 is 0 Å². The number of alkyl halides is 4. The summed E-state index contributed by atoms with van der Waals surface area (Å²) in [6, 6.07) is 5.58. The molecule has 0 bridgehead atoms. The van der Waals surface area contributed by atoms with Crippen molar-refractivity contribution in [2.24, 2.45) is 0 Å². The Labute approximate surface area is 197 Å². The summed E-state index contributed by atoms with van der Waals surface area (Å²) in [5, 5.41) is 2.33. The number of benzene rings is 1. The highest BCUT2D eigenvalue weighted by atomic mass is 19.4. The van der Waals surface area contributed by atoms with Gasteiger partial charge in [0.2, 0.25) is 5.88 Å². The summed E-state index contributed by atoms with van der Waals surface area (Å²) in [4.78, 5) is 30.0. The van der Waals surface area contributed by atoms with Crippen LogP contribution in [0.15, 0.2) is 66.6 Å². The fourth-order valence-corrected chi connectivity index (χ4v) is 3.38. The molecule has 1 aliphatic heterocycles. The lowest BCUT2D eigenvalue weighted by Gasteiger charge is -2.16. The second-order valence-corrected chi connectivity index (χ2v) is 7.42. The van der Waals surface area contributed by atoms with Crippen LogP contribution in [0.5, 0.6) is 5.88 Å². The predicted molar refractivity (Wildman–Crippen MR) is 117 cm³/mol. The molecule has 6 nitrogen and oxygen atoms in total. The fraction of sp³-hybridized carbons (Fsp3) is 0.208. The number of ether oxygens (including phenoxy) is 1. The van der Waals surface area contributed by atoms with Gasteiger partial charge in [0.05, 0.1) is 11.1 Å². The van der Waals surface area contributed by atoms with Crippen LogP contribution in [-0.2, 0) is 13.1 Å². The van der Waals surface area contributed by atoms with E-state index in [-0.39, 0.29) is 35.9 Å². The van der Waals surface area contributed by atoms with E-state index in [1.54, 1.807) is 6.07 Å². The molecule has 35 heavy (non-hydrogen) atoms. The van der Waals surface area contributed by atoms with E-state index in [0.29, 0.717) is 23.3 Å². The molecule has 11 heteroatoms. The Morgan fingerprint density at radius 1 is 1.29 bits per heavy atom. The summed E-state index contributed by atoms with van der Waals surface area (Å²) in [5.74, 6) is -2.21. The van der Waals surface area contributed by atoms with E-state index < -0.39 is 36.1 Å². The van der Waals surface area contributed by atoms with Crippen molar-refractivity contribution in [1.29, 1.82) is 0 Å². The molecule has 1 aliphatic rings. The number of hydrogen-bond acceptors (Lipinski definition) is 4. The third kappa shape index (κ3) is 5.92. The summed E-state index contributed by atoms with van der Waals surface area (Å²) in [5.41, 5.74) is -0.257. The number of carbonyl (C=O) groups excluding carboxylic acids is 2. The first kappa shape index (κ1) is 25.6. The van der Waals surface area contributed by atoms with Crippen molar-refractivity contribution in [3.63, 3.8) is 0 Å². The number of nitrogens with one attached hydrogen (secondary N) is 1. The molecule has 0 atom stereocenters. The number of carbonyl (C=O) groups is 2. The van der Waals surface area contributed by atoms with Gasteiger partial charge in [-0.2, -0.15) is 13.2 Å². The molecule has 2 amide bonds. The predicted octanol–water partition coefficient (Wildman–Crippen LogP) is 4.64. The van der Waals surface area contributed by atoms with Crippen molar-refractivity contribution in [3.05, 3.63) is 94.7 Å². The van der Waals surface area contributed by atoms with Crippen LogP contribution in [0.25, 0.3) is 0 Å². The number of rotatable bonds is 8. The van der Waals surface area contributed by atoms with Crippen molar-refractivity contribution in [1.82, 2.24) is 15.2 Å². The molecule has 0 aliphatic carbocycles. The standard InChI is InChI=1S/C24H20F5N3O3/c1-14(3-5-17(7-9-25)24(27,28)29)35-22-20-16(8-10-31-22)13-32(23(20)34)12-15-4-6-18(19(26)11-15)21(33)30-2/h3-8,10-11H,1,9,12-13H2,2H3,(H,30,33)/b5-3-,17-7+. The molecule has 1 aromatic heterocycles. The highest BCUT2D eigenvalue weighted by Gasteiger charge is 2.33. The number of amides is 2. The van der Waals surface area contributed by atoms with Crippen LogP contribution in [0.4, 0.5) is 22.0 Å². The Morgan fingerprint density at radius 2 is 2.03 bits per heavy atom. The van der Waals surface area contributed by atoms with E-state index in [1.807, 2.05) is 0 Å². The number of allylic oxidation sites excluding steroid dienone is 4. The van der Waals surface area contributed by atoms with E-state index >= 15 is 0 Å². The minimum atomic E-state index is -4.76. The number of nitrogens with zero attached hydrogens (tertiary/aromatic N) is 2. The zero-order valence-electron chi connectivity index (χ0n) is 18.5. The van der Waals surface area contributed by atoms with Gasteiger partial charge in [0.25, 0.3) is 11.8 Å². The van der Waals surface area contributed by atoms with Gasteiger partial charge in [-0.25, -0.2) is 13.8 Å².